The van der Waals surface area contributed by atoms with Crippen molar-refractivity contribution in [3.8, 4) is 0 Å². The van der Waals surface area contributed by atoms with Crippen molar-refractivity contribution in [3.05, 3.63) is 45.5 Å². The van der Waals surface area contributed by atoms with Gasteiger partial charge in [0.1, 0.15) is 0 Å². The number of thiophene rings is 1. The summed E-state index contributed by atoms with van der Waals surface area (Å²) in [7, 11) is 0. The Kier molecular flexibility index (Phi) is 5.02. The fourth-order valence-corrected chi connectivity index (χ4v) is 3.58. The molecule has 2 amide bonds. The van der Waals surface area contributed by atoms with Crippen LogP contribution in [0.2, 0.25) is 4.34 Å². The van der Waals surface area contributed by atoms with Gasteiger partial charge in [-0.3, -0.25) is 4.90 Å². The average Bonchev–Trinajstić information content (AvgIpc) is 3.17. The van der Waals surface area contributed by atoms with Crippen LogP contribution in [0.4, 0.5) is 4.79 Å². The lowest BCUT2D eigenvalue weighted by atomic mass is 10.3. The zero-order chi connectivity index (χ0) is 15.4. The van der Waals surface area contributed by atoms with E-state index in [2.05, 4.69) is 16.3 Å². The maximum Gasteiger partial charge on any atom is 0.317 e. The quantitative estimate of drug-likeness (QED) is 0.931. The topological polar surface area (TPSA) is 48.7 Å². The number of carbonyl (C=O) groups excluding carboxylic acids is 1. The van der Waals surface area contributed by atoms with E-state index in [1.165, 1.54) is 4.88 Å². The van der Waals surface area contributed by atoms with E-state index in [0.29, 0.717) is 6.54 Å². The van der Waals surface area contributed by atoms with Crippen molar-refractivity contribution < 1.29 is 9.21 Å². The molecule has 0 aliphatic carbocycles. The monoisotopic (exact) mass is 339 g/mol. The molecule has 3 rings (SSSR count). The Morgan fingerprint density at radius 3 is 2.73 bits per heavy atom. The number of nitrogens with one attached hydrogen (secondary N) is 1. The third-order valence-corrected chi connectivity index (χ3v) is 4.91. The van der Waals surface area contributed by atoms with E-state index in [1.807, 2.05) is 17.0 Å². The fourth-order valence-electron chi connectivity index (χ4n) is 2.45. The highest BCUT2D eigenvalue weighted by Gasteiger charge is 2.21. The predicted molar refractivity (Wildman–Crippen MR) is 87.1 cm³/mol. The molecule has 2 aromatic heterocycles. The predicted octanol–water partition coefficient (Wildman–Crippen LogP) is 3.02. The van der Waals surface area contributed by atoms with Crippen LogP contribution in [0.5, 0.6) is 0 Å². The van der Waals surface area contributed by atoms with Crippen LogP contribution in [0.15, 0.2) is 35.1 Å². The third-order valence-electron chi connectivity index (χ3n) is 3.69. The normalized spacial score (nSPS) is 16.0. The number of amides is 2. The first-order chi connectivity index (χ1) is 10.7. The van der Waals surface area contributed by atoms with Gasteiger partial charge in [-0.1, -0.05) is 11.6 Å². The van der Waals surface area contributed by atoms with Crippen LogP contribution in [0.3, 0.4) is 0 Å². The first-order valence-corrected chi connectivity index (χ1v) is 8.40. The Morgan fingerprint density at radius 2 is 2.09 bits per heavy atom. The molecule has 0 saturated carbocycles. The Bertz CT molecular complexity index is 606. The molecule has 118 valence electrons. The van der Waals surface area contributed by atoms with Crippen molar-refractivity contribution in [1.29, 1.82) is 0 Å². The highest BCUT2D eigenvalue weighted by atomic mass is 35.5. The second-order valence-corrected chi connectivity index (χ2v) is 7.06. The van der Waals surface area contributed by atoms with Gasteiger partial charge in [-0.15, -0.1) is 11.3 Å². The van der Waals surface area contributed by atoms with Gasteiger partial charge < -0.3 is 14.6 Å². The second kappa shape index (κ2) is 7.17. The summed E-state index contributed by atoms with van der Waals surface area (Å²) >= 11 is 7.57. The molecule has 1 N–H and O–H groups in total. The molecule has 1 aliphatic rings. The molecule has 1 aliphatic heterocycles. The van der Waals surface area contributed by atoms with Crippen molar-refractivity contribution in [3.63, 3.8) is 0 Å². The molecule has 7 heteroatoms. The molecule has 0 spiro atoms. The summed E-state index contributed by atoms with van der Waals surface area (Å²) in [6, 6.07) is 5.84. The van der Waals surface area contributed by atoms with Crippen molar-refractivity contribution in [2.75, 3.05) is 26.2 Å². The fraction of sp³-hybridized carbons (Fsp3) is 0.400. The number of hydrogen-bond donors (Lipinski definition) is 1. The van der Waals surface area contributed by atoms with Crippen molar-refractivity contribution in [2.45, 2.75) is 13.1 Å². The average molecular weight is 340 g/mol. The van der Waals surface area contributed by atoms with E-state index in [9.17, 15) is 4.79 Å². The number of carbonyl (C=O) groups is 1. The van der Waals surface area contributed by atoms with E-state index < -0.39 is 0 Å². The minimum absolute atomic E-state index is 0.0139. The SMILES string of the molecule is O=C(NCc1ccoc1)N1CCN(Cc2ccc(Cl)s2)CC1. The Hall–Kier alpha value is -1.50. The van der Waals surface area contributed by atoms with Crippen molar-refractivity contribution in [1.82, 2.24) is 15.1 Å². The van der Waals surface area contributed by atoms with E-state index >= 15 is 0 Å². The van der Waals surface area contributed by atoms with E-state index in [1.54, 1.807) is 23.9 Å². The van der Waals surface area contributed by atoms with Crippen LogP contribution in [0, 0.1) is 0 Å². The highest BCUT2D eigenvalue weighted by molar-refractivity contribution is 7.16. The minimum Gasteiger partial charge on any atom is -0.472 e. The Balaban J connectivity index is 1.42. The van der Waals surface area contributed by atoms with E-state index in [4.69, 9.17) is 16.0 Å². The molecule has 0 bridgehead atoms. The summed E-state index contributed by atoms with van der Waals surface area (Å²) in [5, 5.41) is 2.92. The molecule has 3 heterocycles. The van der Waals surface area contributed by atoms with Crippen LogP contribution >= 0.6 is 22.9 Å². The standard InChI is InChI=1S/C15H18ClN3O2S/c16-14-2-1-13(22-14)10-18-4-6-19(7-5-18)15(20)17-9-12-3-8-21-11-12/h1-3,8,11H,4-7,9-10H2,(H,17,20). The van der Waals surface area contributed by atoms with Gasteiger partial charge in [0.05, 0.1) is 16.9 Å². The lowest BCUT2D eigenvalue weighted by Crippen LogP contribution is -2.51. The van der Waals surface area contributed by atoms with Gasteiger partial charge >= 0.3 is 6.03 Å². The van der Waals surface area contributed by atoms with Gasteiger partial charge in [0, 0.05) is 49.7 Å². The molecule has 0 radical (unpaired) electrons. The van der Waals surface area contributed by atoms with Crippen LogP contribution in [-0.4, -0.2) is 42.0 Å². The van der Waals surface area contributed by atoms with Crippen LogP contribution in [-0.2, 0) is 13.1 Å². The number of rotatable bonds is 4. The highest BCUT2D eigenvalue weighted by Crippen LogP contribution is 2.23. The number of hydrogen-bond acceptors (Lipinski definition) is 4. The summed E-state index contributed by atoms with van der Waals surface area (Å²) < 4.78 is 5.81. The van der Waals surface area contributed by atoms with E-state index in [-0.39, 0.29) is 6.03 Å². The van der Waals surface area contributed by atoms with Gasteiger partial charge in [-0.2, -0.15) is 0 Å². The number of nitrogens with zero attached hydrogens (tertiary/aromatic N) is 2. The third kappa shape index (κ3) is 4.03. The first kappa shape index (κ1) is 15.4. The van der Waals surface area contributed by atoms with Crippen molar-refractivity contribution >= 4 is 29.0 Å². The zero-order valence-electron chi connectivity index (χ0n) is 12.1. The number of piperazine rings is 1. The molecule has 1 saturated heterocycles. The molecule has 0 unspecified atom stereocenters. The number of furan rings is 1. The molecule has 1 fully saturated rings. The van der Waals surface area contributed by atoms with Gasteiger partial charge in [-0.25, -0.2) is 4.79 Å². The largest absolute Gasteiger partial charge is 0.472 e. The maximum atomic E-state index is 12.1. The molecule has 2 aromatic rings. The molecule has 5 nitrogen and oxygen atoms in total. The lowest BCUT2D eigenvalue weighted by Gasteiger charge is -2.34. The van der Waals surface area contributed by atoms with Crippen LogP contribution in [0.1, 0.15) is 10.4 Å². The van der Waals surface area contributed by atoms with Crippen molar-refractivity contribution in [2.24, 2.45) is 0 Å². The number of halogens is 1. The smallest absolute Gasteiger partial charge is 0.317 e. The summed E-state index contributed by atoms with van der Waals surface area (Å²) in [5.74, 6) is 0. The van der Waals surface area contributed by atoms with Gasteiger partial charge in [0.2, 0.25) is 0 Å². The van der Waals surface area contributed by atoms with Gasteiger partial charge in [0.25, 0.3) is 0 Å². The molecular formula is C15H18ClN3O2S. The summed E-state index contributed by atoms with van der Waals surface area (Å²) in [5.41, 5.74) is 0.974. The van der Waals surface area contributed by atoms with Gasteiger partial charge in [0.15, 0.2) is 0 Å². The van der Waals surface area contributed by atoms with Crippen LogP contribution < -0.4 is 5.32 Å². The summed E-state index contributed by atoms with van der Waals surface area (Å²) in [4.78, 5) is 17.6. The molecule has 0 atom stereocenters. The molecule has 22 heavy (non-hydrogen) atoms. The van der Waals surface area contributed by atoms with E-state index in [0.717, 1.165) is 42.6 Å². The van der Waals surface area contributed by atoms with Crippen LogP contribution in [0.25, 0.3) is 0 Å². The number of urea groups is 1. The Labute approximate surface area is 138 Å². The maximum absolute atomic E-state index is 12.1. The summed E-state index contributed by atoms with van der Waals surface area (Å²) in [6.07, 6.45) is 3.25. The zero-order valence-corrected chi connectivity index (χ0v) is 13.7. The second-order valence-electron chi connectivity index (χ2n) is 5.26. The molecular weight excluding hydrogens is 322 g/mol. The lowest BCUT2D eigenvalue weighted by molar-refractivity contribution is 0.135. The molecule has 0 aromatic carbocycles. The minimum atomic E-state index is -0.0139. The first-order valence-electron chi connectivity index (χ1n) is 7.21. The van der Waals surface area contributed by atoms with Gasteiger partial charge in [-0.05, 0) is 18.2 Å². The Morgan fingerprint density at radius 1 is 1.27 bits per heavy atom. The summed E-state index contributed by atoms with van der Waals surface area (Å²) in [6.45, 7) is 4.67.